The Morgan fingerprint density at radius 1 is 1.25 bits per heavy atom. The van der Waals surface area contributed by atoms with Gasteiger partial charge in [-0.2, -0.15) is 0 Å². The highest BCUT2D eigenvalue weighted by Gasteiger charge is 2.52. The number of hydrogen-bond acceptors (Lipinski definition) is 3. The molecule has 2 atom stereocenters. The van der Waals surface area contributed by atoms with E-state index in [0.717, 1.165) is 25.0 Å². The first kappa shape index (κ1) is 11.0. The largest absolute Gasteiger partial charge is 0.380 e. The first-order valence-electron chi connectivity index (χ1n) is 6.78. The smallest absolute Gasteiger partial charge is 0.0551 e. The minimum absolute atomic E-state index is 0.526. The number of likely N-dealkylation sites (tertiary alicyclic amines) is 1. The molecule has 3 heterocycles. The third-order valence-electron chi connectivity index (χ3n) is 5.05. The lowest BCUT2D eigenvalue weighted by molar-refractivity contribution is -0.183. The normalized spacial score (nSPS) is 39.6. The molecule has 0 spiro atoms. The molecule has 0 saturated carbocycles. The Morgan fingerprint density at radius 3 is 2.69 bits per heavy atom. The van der Waals surface area contributed by atoms with Gasteiger partial charge < -0.3 is 15.0 Å². The summed E-state index contributed by atoms with van der Waals surface area (Å²) in [5, 5.41) is 3.53. The van der Waals surface area contributed by atoms with E-state index in [-0.39, 0.29) is 0 Å². The van der Waals surface area contributed by atoms with E-state index in [1.807, 2.05) is 0 Å². The molecule has 0 aromatic carbocycles. The molecule has 0 amide bonds. The van der Waals surface area contributed by atoms with E-state index in [1.54, 1.807) is 0 Å². The van der Waals surface area contributed by atoms with Crippen molar-refractivity contribution in [1.82, 2.24) is 10.2 Å². The van der Waals surface area contributed by atoms with Crippen LogP contribution < -0.4 is 5.32 Å². The average molecular weight is 224 g/mol. The predicted molar refractivity (Wildman–Crippen MR) is 64.4 cm³/mol. The van der Waals surface area contributed by atoms with Crippen LogP contribution in [0.4, 0.5) is 0 Å². The maximum atomic E-state index is 5.59. The molecule has 3 aliphatic heterocycles. The van der Waals surface area contributed by atoms with E-state index in [2.05, 4.69) is 17.3 Å². The van der Waals surface area contributed by atoms with Crippen molar-refractivity contribution in [2.75, 3.05) is 46.4 Å². The topological polar surface area (TPSA) is 24.5 Å². The Morgan fingerprint density at radius 2 is 2.12 bits per heavy atom. The minimum atomic E-state index is 0.526. The maximum absolute atomic E-state index is 5.59. The zero-order chi connectivity index (χ0) is 11.0. The van der Waals surface area contributed by atoms with Crippen LogP contribution >= 0.6 is 0 Å². The standard InChI is InChI=1S/C13H24N2O/c1-15-6-2-3-12(8-15)13(9-16-10-13)11-4-5-14-7-11/h11-12,14H,2-10H2,1H3. The number of ether oxygens (including phenoxy) is 1. The molecule has 2 unspecified atom stereocenters. The van der Waals surface area contributed by atoms with Gasteiger partial charge in [0.15, 0.2) is 0 Å². The summed E-state index contributed by atoms with van der Waals surface area (Å²) >= 11 is 0. The summed E-state index contributed by atoms with van der Waals surface area (Å²) in [5.41, 5.74) is 0.526. The lowest BCUT2D eigenvalue weighted by atomic mass is 9.62. The van der Waals surface area contributed by atoms with Crippen LogP contribution in [0.3, 0.4) is 0 Å². The molecule has 92 valence electrons. The molecule has 16 heavy (non-hydrogen) atoms. The highest BCUT2D eigenvalue weighted by atomic mass is 16.5. The fraction of sp³-hybridized carbons (Fsp3) is 1.00. The van der Waals surface area contributed by atoms with Crippen molar-refractivity contribution in [2.45, 2.75) is 19.3 Å². The SMILES string of the molecule is CN1CCCC(C2(C3CCNC3)COC2)C1. The highest BCUT2D eigenvalue weighted by molar-refractivity contribution is 5.01. The van der Waals surface area contributed by atoms with Crippen molar-refractivity contribution in [3.8, 4) is 0 Å². The second-order valence-electron chi connectivity index (χ2n) is 6.02. The van der Waals surface area contributed by atoms with Gasteiger partial charge in [0, 0.05) is 12.0 Å². The summed E-state index contributed by atoms with van der Waals surface area (Å²) in [5.74, 6) is 1.75. The van der Waals surface area contributed by atoms with Crippen molar-refractivity contribution in [2.24, 2.45) is 17.3 Å². The van der Waals surface area contributed by atoms with Crippen LogP contribution in [0.2, 0.25) is 0 Å². The molecule has 0 bridgehead atoms. The van der Waals surface area contributed by atoms with Gasteiger partial charge in [0.1, 0.15) is 0 Å². The van der Waals surface area contributed by atoms with Gasteiger partial charge in [0.25, 0.3) is 0 Å². The molecule has 3 fully saturated rings. The van der Waals surface area contributed by atoms with Crippen molar-refractivity contribution < 1.29 is 4.74 Å². The second kappa shape index (κ2) is 4.28. The minimum Gasteiger partial charge on any atom is -0.380 e. The maximum Gasteiger partial charge on any atom is 0.0551 e. The van der Waals surface area contributed by atoms with Crippen molar-refractivity contribution in [3.05, 3.63) is 0 Å². The highest BCUT2D eigenvalue weighted by Crippen LogP contribution is 2.48. The van der Waals surface area contributed by atoms with Crippen molar-refractivity contribution in [1.29, 1.82) is 0 Å². The molecular weight excluding hydrogens is 200 g/mol. The molecule has 0 radical (unpaired) electrons. The Balaban J connectivity index is 1.73. The van der Waals surface area contributed by atoms with Gasteiger partial charge in [0.05, 0.1) is 13.2 Å². The Hall–Kier alpha value is -0.120. The van der Waals surface area contributed by atoms with Gasteiger partial charge >= 0.3 is 0 Å². The summed E-state index contributed by atoms with van der Waals surface area (Å²) in [6.45, 7) is 7.07. The number of hydrogen-bond donors (Lipinski definition) is 1. The molecule has 0 aliphatic carbocycles. The molecule has 3 nitrogen and oxygen atoms in total. The average Bonchev–Trinajstić information content (AvgIpc) is 2.70. The van der Waals surface area contributed by atoms with E-state index in [0.29, 0.717) is 5.41 Å². The zero-order valence-corrected chi connectivity index (χ0v) is 10.4. The van der Waals surface area contributed by atoms with Crippen LogP contribution in [0.5, 0.6) is 0 Å². The summed E-state index contributed by atoms with van der Waals surface area (Å²) in [4.78, 5) is 2.51. The van der Waals surface area contributed by atoms with E-state index in [1.165, 1.54) is 45.4 Å². The van der Waals surface area contributed by atoms with Crippen LogP contribution in [-0.2, 0) is 4.74 Å². The lowest BCUT2D eigenvalue weighted by Crippen LogP contribution is -2.57. The Labute approximate surface area is 98.5 Å². The first-order chi connectivity index (χ1) is 7.81. The van der Waals surface area contributed by atoms with Gasteiger partial charge in [-0.25, -0.2) is 0 Å². The number of rotatable bonds is 2. The van der Waals surface area contributed by atoms with Gasteiger partial charge in [-0.15, -0.1) is 0 Å². The molecule has 0 aromatic heterocycles. The van der Waals surface area contributed by atoms with E-state index in [4.69, 9.17) is 4.74 Å². The molecule has 1 N–H and O–H groups in total. The number of nitrogens with one attached hydrogen (secondary N) is 1. The third-order valence-corrected chi connectivity index (χ3v) is 5.05. The second-order valence-corrected chi connectivity index (χ2v) is 6.02. The lowest BCUT2D eigenvalue weighted by Gasteiger charge is -2.53. The van der Waals surface area contributed by atoms with E-state index < -0.39 is 0 Å². The first-order valence-corrected chi connectivity index (χ1v) is 6.78. The van der Waals surface area contributed by atoms with Crippen LogP contribution in [0.1, 0.15) is 19.3 Å². The summed E-state index contributed by atoms with van der Waals surface area (Å²) in [7, 11) is 2.27. The van der Waals surface area contributed by atoms with Gasteiger partial charge in [-0.1, -0.05) is 0 Å². The van der Waals surface area contributed by atoms with Gasteiger partial charge in [0.2, 0.25) is 0 Å². The quantitative estimate of drug-likeness (QED) is 0.756. The Kier molecular flexibility index (Phi) is 2.94. The van der Waals surface area contributed by atoms with Crippen molar-refractivity contribution >= 4 is 0 Å². The van der Waals surface area contributed by atoms with E-state index in [9.17, 15) is 0 Å². The molecule has 3 aliphatic rings. The third kappa shape index (κ3) is 1.69. The fourth-order valence-electron chi connectivity index (χ4n) is 3.92. The summed E-state index contributed by atoms with van der Waals surface area (Å²) < 4.78 is 5.59. The number of piperidine rings is 1. The molecule has 0 aromatic rings. The van der Waals surface area contributed by atoms with Gasteiger partial charge in [-0.3, -0.25) is 0 Å². The van der Waals surface area contributed by atoms with E-state index >= 15 is 0 Å². The fourth-order valence-corrected chi connectivity index (χ4v) is 3.92. The van der Waals surface area contributed by atoms with Gasteiger partial charge in [-0.05, 0) is 57.8 Å². The Bertz CT molecular complexity index is 246. The van der Waals surface area contributed by atoms with Crippen molar-refractivity contribution in [3.63, 3.8) is 0 Å². The van der Waals surface area contributed by atoms with Crippen LogP contribution in [0.25, 0.3) is 0 Å². The molecule has 3 heteroatoms. The van der Waals surface area contributed by atoms with Crippen LogP contribution in [-0.4, -0.2) is 51.3 Å². The molecule has 3 rings (SSSR count). The van der Waals surface area contributed by atoms with Crippen LogP contribution in [0, 0.1) is 17.3 Å². The van der Waals surface area contributed by atoms with Crippen LogP contribution in [0.15, 0.2) is 0 Å². The number of nitrogens with zero attached hydrogens (tertiary/aromatic N) is 1. The molecular formula is C13H24N2O. The monoisotopic (exact) mass is 224 g/mol. The predicted octanol–water partition coefficient (Wildman–Crippen LogP) is 0.954. The summed E-state index contributed by atoms with van der Waals surface area (Å²) in [6.07, 6.45) is 4.16. The zero-order valence-electron chi connectivity index (χ0n) is 10.4. The summed E-state index contributed by atoms with van der Waals surface area (Å²) in [6, 6.07) is 0. The molecule has 3 saturated heterocycles.